The number of nitrogens with zero attached hydrogens (tertiary/aromatic N) is 2. The molecule has 0 spiro atoms. The summed E-state index contributed by atoms with van der Waals surface area (Å²) in [5, 5.41) is 3.65. The van der Waals surface area contributed by atoms with Crippen LogP contribution in [0, 0.1) is 0 Å². The lowest BCUT2D eigenvalue weighted by Gasteiger charge is -2.32. The van der Waals surface area contributed by atoms with Gasteiger partial charge in [-0.2, -0.15) is 0 Å². The van der Waals surface area contributed by atoms with Gasteiger partial charge in [0.1, 0.15) is 0 Å². The van der Waals surface area contributed by atoms with E-state index in [0.29, 0.717) is 6.04 Å². The Morgan fingerprint density at radius 2 is 2.16 bits per heavy atom. The largest absolute Gasteiger partial charge is 0.310 e. The zero-order valence-corrected chi connectivity index (χ0v) is 13.3. The number of unbranched alkanes of at least 4 members (excludes halogenated alkanes) is 1. The normalized spacial score (nSPS) is 17.8. The van der Waals surface area contributed by atoms with Crippen LogP contribution in [-0.4, -0.2) is 35.6 Å². The Hall–Kier alpha value is -0.450. The molecule has 1 N–H and O–H groups in total. The van der Waals surface area contributed by atoms with Gasteiger partial charge in [-0.05, 0) is 66.5 Å². The zero-order valence-electron chi connectivity index (χ0n) is 11.7. The first kappa shape index (κ1) is 14.9. The molecule has 0 aromatic carbocycles. The minimum absolute atomic E-state index is 0.664. The number of nitrogens with one attached hydrogen (secondary N) is 1. The molecule has 0 saturated carbocycles. The summed E-state index contributed by atoms with van der Waals surface area (Å²) in [4.78, 5) is 6.80. The Bertz CT molecular complexity index is 375. The van der Waals surface area contributed by atoms with Crippen LogP contribution < -0.4 is 5.32 Å². The van der Waals surface area contributed by atoms with Crippen molar-refractivity contribution in [3.63, 3.8) is 0 Å². The summed E-state index contributed by atoms with van der Waals surface area (Å²) >= 11 is 3.46. The van der Waals surface area contributed by atoms with Crippen LogP contribution in [-0.2, 0) is 6.54 Å². The smallest absolute Gasteiger partial charge is 0.0410 e. The summed E-state index contributed by atoms with van der Waals surface area (Å²) in [5.74, 6) is 0. The van der Waals surface area contributed by atoms with E-state index in [9.17, 15) is 0 Å². The van der Waals surface area contributed by atoms with Crippen LogP contribution in [0.15, 0.2) is 22.9 Å². The SMILES string of the molecule is CCCCN1CCC(NCc2cncc(Br)c2)CC1. The van der Waals surface area contributed by atoms with E-state index in [1.54, 1.807) is 0 Å². The van der Waals surface area contributed by atoms with Crippen molar-refractivity contribution in [2.75, 3.05) is 19.6 Å². The van der Waals surface area contributed by atoms with Crippen LogP contribution in [0.3, 0.4) is 0 Å². The Labute approximate surface area is 124 Å². The van der Waals surface area contributed by atoms with Crippen LogP contribution in [0.5, 0.6) is 0 Å². The predicted molar refractivity (Wildman–Crippen MR) is 83.1 cm³/mol. The van der Waals surface area contributed by atoms with Crippen LogP contribution >= 0.6 is 15.9 Å². The lowest BCUT2D eigenvalue weighted by molar-refractivity contribution is 0.195. The minimum atomic E-state index is 0.664. The molecule has 0 amide bonds. The van der Waals surface area contributed by atoms with Crippen molar-refractivity contribution in [3.05, 3.63) is 28.5 Å². The van der Waals surface area contributed by atoms with E-state index in [1.807, 2.05) is 12.4 Å². The fraction of sp³-hybridized carbons (Fsp3) is 0.667. The molecule has 3 nitrogen and oxygen atoms in total. The van der Waals surface area contributed by atoms with Gasteiger partial charge in [0.2, 0.25) is 0 Å². The maximum Gasteiger partial charge on any atom is 0.0410 e. The third-order valence-corrected chi connectivity index (χ3v) is 4.21. The summed E-state index contributed by atoms with van der Waals surface area (Å²) < 4.78 is 1.06. The van der Waals surface area contributed by atoms with Crippen molar-refractivity contribution in [2.45, 2.75) is 45.2 Å². The van der Waals surface area contributed by atoms with Crippen LogP contribution in [0.2, 0.25) is 0 Å². The lowest BCUT2D eigenvalue weighted by Crippen LogP contribution is -2.42. The Morgan fingerprint density at radius 3 is 2.84 bits per heavy atom. The van der Waals surface area contributed by atoms with Crippen molar-refractivity contribution in [3.8, 4) is 0 Å². The van der Waals surface area contributed by atoms with E-state index in [1.165, 1.54) is 50.9 Å². The number of piperidine rings is 1. The number of halogens is 1. The molecule has 0 atom stereocenters. The molecule has 1 aromatic rings. The molecule has 2 heterocycles. The second kappa shape index (κ2) is 7.98. The first-order valence-electron chi connectivity index (χ1n) is 7.33. The average molecular weight is 326 g/mol. The molecule has 0 bridgehead atoms. The fourth-order valence-electron chi connectivity index (χ4n) is 2.56. The summed E-state index contributed by atoms with van der Waals surface area (Å²) in [6.45, 7) is 6.95. The highest BCUT2D eigenvalue weighted by atomic mass is 79.9. The van der Waals surface area contributed by atoms with Gasteiger partial charge in [-0.3, -0.25) is 4.98 Å². The Morgan fingerprint density at radius 1 is 1.37 bits per heavy atom. The van der Waals surface area contributed by atoms with Crippen molar-refractivity contribution in [1.82, 2.24) is 15.2 Å². The first-order valence-corrected chi connectivity index (χ1v) is 8.12. The third-order valence-electron chi connectivity index (χ3n) is 3.77. The molecule has 19 heavy (non-hydrogen) atoms. The molecule has 1 aliphatic rings. The zero-order chi connectivity index (χ0) is 13.5. The van der Waals surface area contributed by atoms with Gasteiger partial charge in [0, 0.05) is 29.5 Å². The third kappa shape index (κ3) is 5.21. The van der Waals surface area contributed by atoms with E-state index in [4.69, 9.17) is 0 Å². The van der Waals surface area contributed by atoms with Gasteiger partial charge in [0.15, 0.2) is 0 Å². The Balaban J connectivity index is 1.68. The number of hydrogen-bond donors (Lipinski definition) is 1. The molecular formula is C15H24BrN3. The average Bonchev–Trinajstić information content (AvgIpc) is 2.44. The lowest BCUT2D eigenvalue weighted by atomic mass is 10.0. The molecule has 106 valence electrons. The number of hydrogen-bond acceptors (Lipinski definition) is 3. The van der Waals surface area contributed by atoms with Crippen molar-refractivity contribution < 1.29 is 0 Å². The summed E-state index contributed by atoms with van der Waals surface area (Å²) in [7, 11) is 0. The predicted octanol–water partition coefficient (Wildman–Crippen LogP) is 3.20. The number of rotatable bonds is 6. The van der Waals surface area contributed by atoms with Gasteiger partial charge in [-0.15, -0.1) is 0 Å². The number of likely N-dealkylation sites (tertiary alicyclic amines) is 1. The van der Waals surface area contributed by atoms with Crippen LogP contribution in [0.25, 0.3) is 0 Å². The van der Waals surface area contributed by atoms with Gasteiger partial charge < -0.3 is 10.2 Å². The summed E-state index contributed by atoms with van der Waals surface area (Å²) in [5.41, 5.74) is 1.25. The molecule has 1 fully saturated rings. The molecule has 0 unspecified atom stereocenters. The maximum atomic E-state index is 4.20. The standard InChI is InChI=1S/C15H24BrN3/c1-2-3-6-19-7-4-15(5-8-19)18-11-13-9-14(16)12-17-10-13/h9-10,12,15,18H,2-8,11H2,1H3. The van der Waals surface area contributed by atoms with E-state index in [2.05, 4.69) is 44.1 Å². The molecule has 0 radical (unpaired) electrons. The quantitative estimate of drug-likeness (QED) is 0.870. The van der Waals surface area contributed by atoms with Gasteiger partial charge >= 0.3 is 0 Å². The molecule has 1 aromatic heterocycles. The summed E-state index contributed by atoms with van der Waals surface area (Å²) in [6, 6.07) is 2.80. The van der Waals surface area contributed by atoms with Gasteiger partial charge in [0.25, 0.3) is 0 Å². The highest BCUT2D eigenvalue weighted by Gasteiger charge is 2.17. The maximum absolute atomic E-state index is 4.20. The molecule has 4 heteroatoms. The van der Waals surface area contributed by atoms with Crippen molar-refractivity contribution >= 4 is 15.9 Å². The van der Waals surface area contributed by atoms with E-state index in [-0.39, 0.29) is 0 Å². The highest BCUT2D eigenvalue weighted by Crippen LogP contribution is 2.13. The minimum Gasteiger partial charge on any atom is -0.310 e. The van der Waals surface area contributed by atoms with Crippen LogP contribution in [0.1, 0.15) is 38.2 Å². The highest BCUT2D eigenvalue weighted by molar-refractivity contribution is 9.10. The van der Waals surface area contributed by atoms with Gasteiger partial charge in [-0.1, -0.05) is 13.3 Å². The van der Waals surface area contributed by atoms with E-state index < -0.39 is 0 Å². The fourth-order valence-corrected chi connectivity index (χ4v) is 2.97. The van der Waals surface area contributed by atoms with Crippen LogP contribution in [0.4, 0.5) is 0 Å². The van der Waals surface area contributed by atoms with Crippen molar-refractivity contribution in [2.24, 2.45) is 0 Å². The second-order valence-corrected chi connectivity index (χ2v) is 6.28. The molecule has 0 aliphatic carbocycles. The number of aromatic nitrogens is 1. The molecule has 2 rings (SSSR count). The van der Waals surface area contributed by atoms with E-state index >= 15 is 0 Å². The molecule has 1 aliphatic heterocycles. The number of pyridine rings is 1. The van der Waals surface area contributed by atoms with Gasteiger partial charge in [-0.25, -0.2) is 0 Å². The monoisotopic (exact) mass is 325 g/mol. The molecule has 1 saturated heterocycles. The first-order chi connectivity index (χ1) is 9.28. The topological polar surface area (TPSA) is 28.2 Å². The van der Waals surface area contributed by atoms with Gasteiger partial charge in [0.05, 0.1) is 0 Å². The summed E-state index contributed by atoms with van der Waals surface area (Å²) in [6.07, 6.45) is 8.94. The van der Waals surface area contributed by atoms with Crippen molar-refractivity contribution in [1.29, 1.82) is 0 Å². The second-order valence-electron chi connectivity index (χ2n) is 5.36. The Kier molecular flexibility index (Phi) is 6.28. The van der Waals surface area contributed by atoms with E-state index in [0.717, 1.165) is 11.0 Å². The molecular weight excluding hydrogens is 302 g/mol.